The molecular formula is C15H24N2. The summed E-state index contributed by atoms with van der Waals surface area (Å²) in [6.07, 6.45) is 6.59. The minimum Gasteiger partial charge on any atom is -0.371 e. The van der Waals surface area contributed by atoms with Crippen LogP contribution in [-0.2, 0) is 6.42 Å². The summed E-state index contributed by atoms with van der Waals surface area (Å²) >= 11 is 0. The van der Waals surface area contributed by atoms with Crippen LogP contribution in [0.2, 0.25) is 0 Å². The summed E-state index contributed by atoms with van der Waals surface area (Å²) in [5, 5.41) is 3.20. The molecule has 0 atom stereocenters. The van der Waals surface area contributed by atoms with E-state index in [0.717, 1.165) is 6.54 Å². The molecule has 0 aromatic heterocycles. The zero-order valence-electron chi connectivity index (χ0n) is 10.9. The number of anilines is 1. The Morgan fingerprint density at radius 3 is 2.82 bits per heavy atom. The number of hydrogen-bond donors (Lipinski definition) is 1. The number of nitrogens with one attached hydrogen (secondary N) is 1. The Kier molecular flexibility index (Phi) is 4.87. The van der Waals surface area contributed by atoms with Crippen molar-refractivity contribution in [3.63, 3.8) is 0 Å². The highest BCUT2D eigenvalue weighted by Gasteiger charge is 2.16. The SMILES string of the molecule is CNCCCCCCN1CCc2ccccc21. The van der Waals surface area contributed by atoms with Crippen molar-refractivity contribution in [1.29, 1.82) is 0 Å². The molecule has 17 heavy (non-hydrogen) atoms. The molecule has 1 aromatic rings. The Morgan fingerprint density at radius 1 is 1.12 bits per heavy atom. The minimum absolute atomic E-state index is 1.16. The number of rotatable bonds is 7. The second-order valence-electron chi connectivity index (χ2n) is 4.88. The average molecular weight is 232 g/mol. The molecule has 1 aliphatic rings. The van der Waals surface area contributed by atoms with Crippen LogP contribution < -0.4 is 10.2 Å². The number of para-hydroxylation sites is 1. The molecule has 1 aliphatic heterocycles. The zero-order valence-corrected chi connectivity index (χ0v) is 10.9. The normalized spacial score (nSPS) is 14.1. The third kappa shape index (κ3) is 3.47. The lowest BCUT2D eigenvalue weighted by molar-refractivity contribution is 0.610. The number of benzene rings is 1. The molecule has 0 amide bonds. The van der Waals surface area contributed by atoms with E-state index in [0.29, 0.717) is 0 Å². The van der Waals surface area contributed by atoms with E-state index in [1.54, 1.807) is 0 Å². The summed E-state index contributed by atoms with van der Waals surface area (Å²) in [5.41, 5.74) is 3.01. The third-order valence-corrected chi connectivity index (χ3v) is 3.59. The van der Waals surface area contributed by atoms with Crippen LogP contribution >= 0.6 is 0 Å². The quantitative estimate of drug-likeness (QED) is 0.727. The molecule has 0 saturated carbocycles. The number of fused-ring (bicyclic) bond motifs is 1. The van der Waals surface area contributed by atoms with E-state index < -0.39 is 0 Å². The predicted octanol–water partition coefficient (Wildman–Crippen LogP) is 2.83. The highest BCUT2D eigenvalue weighted by molar-refractivity contribution is 5.57. The van der Waals surface area contributed by atoms with Gasteiger partial charge in [-0.15, -0.1) is 0 Å². The Hall–Kier alpha value is -1.02. The smallest absolute Gasteiger partial charge is 0.0399 e. The van der Waals surface area contributed by atoms with E-state index in [4.69, 9.17) is 0 Å². The molecule has 1 heterocycles. The van der Waals surface area contributed by atoms with Gasteiger partial charge in [0.25, 0.3) is 0 Å². The van der Waals surface area contributed by atoms with Gasteiger partial charge in [0.15, 0.2) is 0 Å². The van der Waals surface area contributed by atoms with Crippen LogP contribution in [0.25, 0.3) is 0 Å². The first-order valence-corrected chi connectivity index (χ1v) is 6.89. The highest BCUT2D eigenvalue weighted by Crippen LogP contribution is 2.27. The van der Waals surface area contributed by atoms with Crippen molar-refractivity contribution in [2.75, 3.05) is 31.6 Å². The lowest BCUT2D eigenvalue weighted by atomic mass is 10.1. The van der Waals surface area contributed by atoms with Crippen LogP contribution in [-0.4, -0.2) is 26.7 Å². The fourth-order valence-corrected chi connectivity index (χ4v) is 2.60. The second kappa shape index (κ2) is 6.65. The molecule has 0 saturated heterocycles. The first-order chi connectivity index (χ1) is 8.42. The van der Waals surface area contributed by atoms with E-state index in [-0.39, 0.29) is 0 Å². The molecule has 0 radical (unpaired) electrons. The van der Waals surface area contributed by atoms with Gasteiger partial charge in [-0.05, 0) is 44.5 Å². The molecule has 2 heteroatoms. The summed E-state index contributed by atoms with van der Waals surface area (Å²) in [6.45, 7) is 3.61. The maximum Gasteiger partial charge on any atom is 0.0399 e. The Balaban J connectivity index is 1.68. The van der Waals surface area contributed by atoms with E-state index >= 15 is 0 Å². The Bertz CT molecular complexity index is 335. The molecule has 2 nitrogen and oxygen atoms in total. The zero-order chi connectivity index (χ0) is 11.9. The largest absolute Gasteiger partial charge is 0.371 e. The average Bonchev–Trinajstić information content (AvgIpc) is 2.77. The van der Waals surface area contributed by atoms with Gasteiger partial charge in [0.2, 0.25) is 0 Å². The molecule has 0 spiro atoms. The van der Waals surface area contributed by atoms with E-state index in [9.17, 15) is 0 Å². The van der Waals surface area contributed by atoms with Crippen LogP contribution in [0.4, 0.5) is 5.69 Å². The van der Waals surface area contributed by atoms with Gasteiger partial charge >= 0.3 is 0 Å². The van der Waals surface area contributed by atoms with E-state index in [2.05, 4.69) is 34.5 Å². The monoisotopic (exact) mass is 232 g/mol. The molecular weight excluding hydrogens is 208 g/mol. The maximum atomic E-state index is 3.20. The molecule has 1 aromatic carbocycles. The highest BCUT2D eigenvalue weighted by atomic mass is 15.1. The molecule has 0 unspecified atom stereocenters. The van der Waals surface area contributed by atoms with Crippen molar-refractivity contribution in [3.8, 4) is 0 Å². The van der Waals surface area contributed by atoms with Gasteiger partial charge in [0, 0.05) is 18.8 Å². The lowest BCUT2D eigenvalue weighted by Gasteiger charge is -2.19. The van der Waals surface area contributed by atoms with Crippen LogP contribution in [0.3, 0.4) is 0 Å². The van der Waals surface area contributed by atoms with Gasteiger partial charge in [-0.1, -0.05) is 31.0 Å². The van der Waals surface area contributed by atoms with Gasteiger partial charge in [-0.3, -0.25) is 0 Å². The lowest BCUT2D eigenvalue weighted by Crippen LogP contribution is -2.21. The minimum atomic E-state index is 1.16. The third-order valence-electron chi connectivity index (χ3n) is 3.59. The van der Waals surface area contributed by atoms with Gasteiger partial charge in [0.1, 0.15) is 0 Å². The fourth-order valence-electron chi connectivity index (χ4n) is 2.60. The van der Waals surface area contributed by atoms with Crippen molar-refractivity contribution in [2.45, 2.75) is 32.1 Å². The fraction of sp³-hybridized carbons (Fsp3) is 0.600. The first-order valence-electron chi connectivity index (χ1n) is 6.89. The molecule has 1 N–H and O–H groups in total. The molecule has 94 valence electrons. The van der Waals surface area contributed by atoms with Crippen molar-refractivity contribution in [2.24, 2.45) is 0 Å². The summed E-state index contributed by atoms with van der Waals surface area (Å²) in [4.78, 5) is 2.55. The molecule has 0 fully saturated rings. The van der Waals surface area contributed by atoms with E-state index in [1.807, 2.05) is 7.05 Å². The summed E-state index contributed by atoms with van der Waals surface area (Å²) in [6, 6.07) is 8.84. The Labute approximate surface area is 105 Å². The molecule has 0 aliphatic carbocycles. The van der Waals surface area contributed by atoms with Crippen LogP contribution in [0.15, 0.2) is 24.3 Å². The molecule has 0 bridgehead atoms. The summed E-state index contributed by atoms with van der Waals surface area (Å²) in [5.74, 6) is 0. The van der Waals surface area contributed by atoms with Gasteiger partial charge in [-0.25, -0.2) is 0 Å². The standard InChI is InChI=1S/C15H24N2/c1-16-11-6-2-3-7-12-17-13-10-14-8-4-5-9-15(14)17/h4-5,8-9,16H,2-3,6-7,10-13H2,1H3. The van der Waals surface area contributed by atoms with Crippen molar-refractivity contribution in [1.82, 2.24) is 5.32 Å². The van der Waals surface area contributed by atoms with Crippen molar-refractivity contribution >= 4 is 5.69 Å². The number of unbranched alkanes of at least 4 members (excludes halogenated alkanes) is 3. The molecule has 2 rings (SSSR count). The Morgan fingerprint density at radius 2 is 1.94 bits per heavy atom. The van der Waals surface area contributed by atoms with Gasteiger partial charge in [-0.2, -0.15) is 0 Å². The van der Waals surface area contributed by atoms with Crippen LogP contribution in [0.1, 0.15) is 31.2 Å². The predicted molar refractivity (Wildman–Crippen MR) is 74.8 cm³/mol. The van der Waals surface area contributed by atoms with E-state index in [1.165, 1.54) is 56.4 Å². The first kappa shape index (κ1) is 12.4. The summed E-state index contributed by atoms with van der Waals surface area (Å²) in [7, 11) is 2.03. The van der Waals surface area contributed by atoms with Crippen molar-refractivity contribution < 1.29 is 0 Å². The van der Waals surface area contributed by atoms with Crippen molar-refractivity contribution in [3.05, 3.63) is 29.8 Å². The number of hydrogen-bond acceptors (Lipinski definition) is 2. The topological polar surface area (TPSA) is 15.3 Å². The summed E-state index contributed by atoms with van der Waals surface area (Å²) < 4.78 is 0. The van der Waals surface area contributed by atoms with Gasteiger partial charge < -0.3 is 10.2 Å². The second-order valence-corrected chi connectivity index (χ2v) is 4.88. The maximum absolute atomic E-state index is 3.20. The number of nitrogens with zero attached hydrogens (tertiary/aromatic N) is 1. The van der Waals surface area contributed by atoms with Crippen LogP contribution in [0, 0.1) is 0 Å². The van der Waals surface area contributed by atoms with Gasteiger partial charge in [0.05, 0.1) is 0 Å². The van der Waals surface area contributed by atoms with Crippen LogP contribution in [0.5, 0.6) is 0 Å².